The van der Waals surface area contributed by atoms with Gasteiger partial charge in [-0.1, -0.05) is 43.7 Å². The van der Waals surface area contributed by atoms with E-state index < -0.39 is 23.9 Å². The van der Waals surface area contributed by atoms with Crippen LogP contribution in [0.5, 0.6) is 0 Å². The number of carbonyl (C=O) groups excluding carboxylic acids is 3. The predicted molar refractivity (Wildman–Crippen MR) is 116 cm³/mol. The molecule has 1 saturated heterocycles. The summed E-state index contributed by atoms with van der Waals surface area (Å²) in [5.74, 6) is -1.62. The van der Waals surface area contributed by atoms with Crippen molar-refractivity contribution >= 4 is 29.2 Å². The minimum absolute atomic E-state index is 0.0867. The lowest BCUT2D eigenvalue weighted by atomic mass is 10.1. The summed E-state index contributed by atoms with van der Waals surface area (Å²) in [7, 11) is 0. The Kier molecular flexibility index (Phi) is 7.22. The minimum Gasteiger partial charge on any atom is -0.452 e. The number of anilines is 2. The van der Waals surface area contributed by atoms with Gasteiger partial charge in [-0.05, 0) is 49.6 Å². The van der Waals surface area contributed by atoms with E-state index in [0.29, 0.717) is 5.69 Å². The van der Waals surface area contributed by atoms with Crippen molar-refractivity contribution in [2.45, 2.75) is 45.6 Å². The van der Waals surface area contributed by atoms with Crippen LogP contribution in [0.15, 0.2) is 54.6 Å². The molecule has 0 bridgehead atoms. The Balaban J connectivity index is 1.54. The number of nitrogens with one attached hydrogen (secondary N) is 1. The number of amides is 2. The molecule has 1 aliphatic heterocycles. The van der Waals surface area contributed by atoms with Crippen LogP contribution in [0.4, 0.5) is 11.4 Å². The summed E-state index contributed by atoms with van der Waals surface area (Å²) >= 11 is 0. The Morgan fingerprint density at radius 1 is 1.13 bits per heavy atom. The zero-order valence-corrected chi connectivity index (χ0v) is 17.5. The standard InChI is InChI=1S/C24H28N2O4/c1-3-4-8-18-11-13-21(14-12-18)26-16-19(15-22(26)27)24(29)30-17(2)23(28)25-20-9-6-5-7-10-20/h5-7,9-14,17,19H,3-4,8,15-16H2,1-2H3,(H,25,28)/t17-,19+/m0/s1. The molecule has 0 radical (unpaired) electrons. The topological polar surface area (TPSA) is 75.7 Å². The molecule has 1 fully saturated rings. The van der Waals surface area contributed by atoms with Gasteiger partial charge in [-0.25, -0.2) is 0 Å². The normalized spacial score (nSPS) is 16.9. The third-order valence-corrected chi connectivity index (χ3v) is 5.23. The van der Waals surface area contributed by atoms with E-state index in [2.05, 4.69) is 12.2 Å². The van der Waals surface area contributed by atoms with Crippen molar-refractivity contribution in [2.24, 2.45) is 5.92 Å². The summed E-state index contributed by atoms with van der Waals surface area (Å²) in [5.41, 5.74) is 2.65. The summed E-state index contributed by atoms with van der Waals surface area (Å²) in [6.07, 6.45) is 2.43. The highest BCUT2D eigenvalue weighted by Gasteiger charge is 2.37. The molecule has 1 heterocycles. The number of nitrogens with zero attached hydrogens (tertiary/aromatic N) is 1. The summed E-state index contributed by atoms with van der Waals surface area (Å²) in [6, 6.07) is 16.9. The smallest absolute Gasteiger partial charge is 0.312 e. The van der Waals surface area contributed by atoms with E-state index in [1.165, 1.54) is 12.5 Å². The Labute approximate surface area is 177 Å². The molecule has 0 unspecified atom stereocenters. The number of aryl methyl sites for hydroxylation is 1. The van der Waals surface area contributed by atoms with Crippen LogP contribution in [0.2, 0.25) is 0 Å². The number of unbranched alkanes of at least 4 members (excludes halogenated alkanes) is 1. The Bertz CT molecular complexity index is 880. The number of carbonyl (C=O) groups is 3. The van der Waals surface area contributed by atoms with Crippen LogP contribution >= 0.6 is 0 Å². The number of esters is 1. The highest BCUT2D eigenvalue weighted by molar-refractivity contribution is 6.00. The second-order valence-corrected chi connectivity index (χ2v) is 7.61. The maximum Gasteiger partial charge on any atom is 0.312 e. The first-order valence-electron chi connectivity index (χ1n) is 10.4. The van der Waals surface area contributed by atoms with Crippen LogP contribution < -0.4 is 10.2 Å². The van der Waals surface area contributed by atoms with Crippen molar-refractivity contribution < 1.29 is 19.1 Å². The van der Waals surface area contributed by atoms with Crippen molar-refractivity contribution in [3.8, 4) is 0 Å². The Morgan fingerprint density at radius 2 is 1.83 bits per heavy atom. The molecular weight excluding hydrogens is 380 g/mol. The van der Waals surface area contributed by atoms with Crippen molar-refractivity contribution in [3.63, 3.8) is 0 Å². The highest BCUT2D eigenvalue weighted by atomic mass is 16.5. The SMILES string of the molecule is CCCCc1ccc(N2C[C@H](C(=O)O[C@@H](C)C(=O)Nc3ccccc3)CC2=O)cc1. The van der Waals surface area contributed by atoms with Gasteiger partial charge in [-0.15, -0.1) is 0 Å². The quantitative estimate of drug-likeness (QED) is 0.671. The molecular formula is C24H28N2O4. The predicted octanol–water partition coefficient (Wildman–Crippen LogP) is 3.95. The van der Waals surface area contributed by atoms with Crippen LogP contribution in [-0.4, -0.2) is 30.4 Å². The lowest BCUT2D eigenvalue weighted by Crippen LogP contribution is -2.33. The molecule has 30 heavy (non-hydrogen) atoms. The lowest BCUT2D eigenvalue weighted by molar-refractivity contribution is -0.157. The first-order valence-corrected chi connectivity index (χ1v) is 10.4. The molecule has 6 heteroatoms. The van der Waals surface area contributed by atoms with E-state index in [4.69, 9.17) is 4.74 Å². The zero-order valence-electron chi connectivity index (χ0n) is 17.5. The van der Waals surface area contributed by atoms with Gasteiger partial charge in [0, 0.05) is 24.3 Å². The summed E-state index contributed by atoms with van der Waals surface area (Å²) in [6.45, 7) is 3.95. The van der Waals surface area contributed by atoms with E-state index in [-0.39, 0.29) is 18.9 Å². The van der Waals surface area contributed by atoms with Gasteiger partial charge < -0.3 is 15.0 Å². The van der Waals surface area contributed by atoms with Crippen LogP contribution in [-0.2, 0) is 25.5 Å². The molecule has 6 nitrogen and oxygen atoms in total. The number of rotatable bonds is 8. The monoisotopic (exact) mass is 408 g/mol. The summed E-state index contributed by atoms with van der Waals surface area (Å²) < 4.78 is 5.33. The van der Waals surface area contributed by atoms with Gasteiger partial charge in [0.1, 0.15) is 0 Å². The van der Waals surface area contributed by atoms with Crippen LogP contribution in [0.1, 0.15) is 38.7 Å². The molecule has 0 saturated carbocycles. The highest BCUT2D eigenvalue weighted by Crippen LogP contribution is 2.27. The molecule has 158 valence electrons. The molecule has 2 amide bonds. The van der Waals surface area contributed by atoms with E-state index in [0.717, 1.165) is 24.9 Å². The third kappa shape index (κ3) is 5.47. The van der Waals surface area contributed by atoms with Gasteiger partial charge in [0.2, 0.25) is 5.91 Å². The molecule has 0 spiro atoms. The zero-order chi connectivity index (χ0) is 21.5. The molecule has 2 atom stereocenters. The van der Waals surface area contributed by atoms with E-state index in [1.807, 2.05) is 30.3 Å². The van der Waals surface area contributed by atoms with Crippen LogP contribution in [0, 0.1) is 5.92 Å². The molecule has 2 aromatic rings. The second kappa shape index (κ2) is 10.1. The van der Waals surface area contributed by atoms with Gasteiger partial charge in [0.25, 0.3) is 5.91 Å². The minimum atomic E-state index is -0.945. The first-order chi connectivity index (χ1) is 14.5. The molecule has 1 N–H and O–H groups in total. The van der Waals surface area contributed by atoms with Crippen molar-refractivity contribution in [3.05, 3.63) is 60.2 Å². The van der Waals surface area contributed by atoms with E-state index in [9.17, 15) is 14.4 Å². The van der Waals surface area contributed by atoms with Crippen LogP contribution in [0.3, 0.4) is 0 Å². The average Bonchev–Trinajstić information content (AvgIpc) is 3.15. The van der Waals surface area contributed by atoms with E-state index >= 15 is 0 Å². The molecule has 1 aliphatic rings. The number of hydrogen-bond donors (Lipinski definition) is 1. The van der Waals surface area contributed by atoms with Gasteiger partial charge in [0.05, 0.1) is 5.92 Å². The Morgan fingerprint density at radius 3 is 2.50 bits per heavy atom. The van der Waals surface area contributed by atoms with Crippen molar-refractivity contribution in [2.75, 3.05) is 16.8 Å². The van der Waals surface area contributed by atoms with Gasteiger partial charge in [-0.3, -0.25) is 14.4 Å². The van der Waals surface area contributed by atoms with Crippen molar-refractivity contribution in [1.82, 2.24) is 0 Å². The molecule has 0 aromatic heterocycles. The van der Waals surface area contributed by atoms with Crippen LogP contribution in [0.25, 0.3) is 0 Å². The fourth-order valence-electron chi connectivity index (χ4n) is 3.43. The number of benzene rings is 2. The summed E-state index contributed by atoms with van der Waals surface area (Å²) in [4.78, 5) is 38.8. The average molecular weight is 408 g/mol. The maximum atomic E-state index is 12.5. The first kappa shape index (κ1) is 21.6. The Hall–Kier alpha value is -3.15. The largest absolute Gasteiger partial charge is 0.452 e. The van der Waals surface area contributed by atoms with Gasteiger partial charge in [-0.2, -0.15) is 0 Å². The number of para-hydroxylation sites is 1. The van der Waals surface area contributed by atoms with Gasteiger partial charge in [0.15, 0.2) is 6.10 Å². The molecule has 0 aliphatic carbocycles. The molecule has 3 rings (SSSR count). The fraction of sp³-hybridized carbons (Fsp3) is 0.375. The van der Waals surface area contributed by atoms with E-state index in [1.54, 1.807) is 29.2 Å². The second-order valence-electron chi connectivity index (χ2n) is 7.61. The van der Waals surface area contributed by atoms with Gasteiger partial charge >= 0.3 is 5.97 Å². The lowest BCUT2D eigenvalue weighted by Gasteiger charge is -2.18. The molecule has 2 aromatic carbocycles. The summed E-state index contributed by atoms with van der Waals surface area (Å²) in [5, 5.41) is 2.71. The number of hydrogen-bond acceptors (Lipinski definition) is 4. The fourth-order valence-corrected chi connectivity index (χ4v) is 3.43. The number of ether oxygens (including phenoxy) is 1. The third-order valence-electron chi connectivity index (χ3n) is 5.23. The maximum absolute atomic E-state index is 12.5. The van der Waals surface area contributed by atoms with Crippen molar-refractivity contribution in [1.29, 1.82) is 0 Å².